The molecule has 0 bridgehead atoms. The van der Waals surface area contributed by atoms with E-state index in [1.54, 1.807) is 0 Å². The zero-order valence-electron chi connectivity index (χ0n) is 10.2. The van der Waals surface area contributed by atoms with E-state index in [9.17, 15) is 0 Å². The summed E-state index contributed by atoms with van der Waals surface area (Å²) in [5.41, 5.74) is 3.41. The molecule has 1 saturated heterocycles. The summed E-state index contributed by atoms with van der Waals surface area (Å²) in [7, 11) is 2.18. The molecule has 1 fully saturated rings. The van der Waals surface area contributed by atoms with E-state index in [1.807, 2.05) is 13.1 Å². The second-order valence-corrected chi connectivity index (χ2v) is 4.63. The molecule has 0 atom stereocenters. The van der Waals surface area contributed by atoms with E-state index in [2.05, 4.69) is 33.6 Å². The molecular formula is C12H20N4. The molecule has 0 amide bonds. The summed E-state index contributed by atoms with van der Waals surface area (Å²) in [6.07, 6.45) is 1.92. The molecule has 4 heteroatoms. The normalized spacial score (nSPS) is 18.9. The average Bonchev–Trinajstić information content (AvgIpc) is 2.69. The number of aromatic nitrogens is 2. The Balaban J connectivity index is 1.98. The molecule has 0 radical (unpaired) electrons. The molecule has 0 aliphatic carbocycles. The van der Waals surface area contributed by atoms with Gasteiger partial charge in [0.15, 0.2) is 0 Å². The van der Waals surface area contributed by atoms with E-state index >= 15 is 0 Å². The van der Waals surface area contributed by atoms with Crippen molar-refractivity contribution in [3.63, 3.8) is 0 Å². The molecule has 0 saturated carbocycles. The van der Waals surface area contributed by atoms with Gasteiger partial charge in [0.2, 0.25) is 0 Å². The van der Waals surface area contributed by atoms with E-state index in [0.717, 1.165) is 44.0 Å². The first-order valence-electron chi connectivity index (χ1n) is 5.76. The predicted octanol–water partition coefficient (Wildman–Crippen LogP) is 1.19. The fraction of sp³-hybridized carbons (Fsp3) is 0.583. The first kappa shape index (κ1) is 11.4. The summed E-state index contributed by atoms with van der Waals surface area (Å²) in [4.78, 5) is 4.84. The van der Waals surface area contributed by atoms with Gasteiger partial charge in [-0.2, -0.15) is 5.10 Å². The van der Waals surface area contributed by atoms with Crippen LogP contribution in [0.25, 0.3) is 5.57 Å². The van der Waals surface area contributed by atoms with E-state index in [-0.39, 0.29) is 0 Å². The standard InChI is InChI=1S/C12H20N4/c1-10(2)12-11(8-13-14-12)9-16-6-4-15(3)5-7-16/h8H,1,4-7,9H2,2-3H3,(H,13,14). The van der Waals surface area contributed by atoms with Crippen LogP contribution in [-0.4, -0.2) is 53.2 Å². The maximum Gasteiger partial charge on any atom is 0.0646 e. The van der Waals surface area contributed by atoms with Crippen LogP contribution in [0.3, 0.4) is 0 Å². The van der Waals surface area contributed by atoms with E-state index in [0.29, 0.717) is 0 Å². The minimum absolute atomic E-state index is 0.979. The fourth-order valence-corrected chi connectivity index (χ4v) is 2.05. The second kappa shape index (κ2) is 4.80. The topological polar surface area (TPSA) is 35.2 Å². The van der Waals surface area contributed by atoms with Crippen LogP contribution >= 0.6 is 0 Å². The van der Waals surface area contributed by atoms with Crippen LogP contribution < -0.4 is 0 Å². The average molecular weight is 220 g/mol. The van der Waals surface area contributed by atoms with Gasteiger partial charge in [0.25, 0.3) is 0 Å². The summed E-state index contributed by atoms with van der Waals surface area (Å²) in [6, 6.07) is 0. The molecule has 0 unspecified atom stereocenters. The van der Waals surface area contributed by atoms with Gasteiger partial charge in [-0.05, 0) is 19.5 Å². The van der Waals surface area contributed by atoms with Crippen LogP contribution in [0.4, 0.5) is 0 Å². The highest BCUT2D eigenvalue weighted by molar-refractivity contribution is 5.60. The minimum atomic E-state index is 0.979. The lowest BCUT2D eigenvalue weighted by Crippen LogP contribution is -2.43. The zero-order valence-corrected chi connectivity index (χ0v) is 10.2. The smallest absolute Gasteiger partial charge is 0.0646 e. The van der Waals surface area contributed by atoms with Crippen LogP contribution in [0.15, 0.2) is 12.8 Å². The van der Waals surface area contributed by atoms with Crippen LogP contribution in [0, 0.1) is 0 Å². The molecule has 2 rings (SSSR count). The molecule has 1 aromatic heterocycles. The third-order valence-corrected chi connectivity index (χ3v) is 3.13. The van der Waals surface area contributed by atoms with Gasteiger partial charge in [0.1, 0.15) is 0 Å². The Labute approximate surface area is 96.9 Å². The third kappa shape index (κ3) is 2.51. The highest BCUT2D eigenvalue weighted by Crippen LogP contribution is 2.16. The fourth-order valence-electron chi connectivity index (χ4n) is 2.05. The summed E-state index contributed by atoms with van der Waals surface area (Å²) in [6.45, 7) is 11.5. The van der Waals surface area contributed by atoms with Crippen molar-refractivity contribution in [3.8, 4) is 0 Å². The van der Waals surface area contributed by atoms with Gasteiger partial charge < -0.3 is 4.90 Å². The van der Waals surface area contributed by atoms with Crippen LogP contribution in [0.2, 0.25) is 0 Å². The van der Waals surface area contributed by atoms with Crippen LogP contribution in [0.1, 0.15) is 18.2 Å². The molecular weight excluding hydrogens is 200 g/mol. The van der Waals surface area contributed by atoms with Crippen molar-refractivity contribution in [3.05, 3.63) is 24.0 Å². The zero-order chi connectivity index (χ0) is 11.5. The lowest BCUT2D eigenvalue weighted by Gasteiger charge is -2.32. The van der Waals surface area contributed by atoms with Crippen molar-refractivity contribution in [2.24, 2.45) is 0 Å². The number of H-pyrrole nitrogens is 1. The molecule has 1 aliphatic heterocycles. The van der Waals surface area contributed by atoms with Crippen molar-refractivity contribution in [2.75, 3.05) is 33.2 Å². The Morgan fingerprint density at radius 1 is 1.44 bits per heavy atom. The summed E-state index contributed by atoms with van der Waals surface area (Å²) < 4.78 is 0. The lowest BCUT2D eigenvalue weighted by atomic mass is 10.1. The van der Waals surface area contributed by atoms with Crippen molar-refractivity contribution < 1.29 is 0 Å². The lowest BCUT2D eigenvalue weighted by molar-refractivity contribution is 0.148. The molecule has 4 nitrogen and oxygen atoms in total. The quantitative estimate of drug-likeness (QED) is 0.831. The number of nitrogens with zero attached hydrogens (tertiary/aromatic N) is 3. The van der Waals surface area contributed by atoms with Gasteiger partial charge in [-0.3, -0.25) is 10.00 Å². The van der Waals surface area contributed by atoms with E-state index in [4.69, 9.17) is 0 Å². The van der Waals surface area contributed by atoms with Gasteiger partial charge in [-0.25, -0.2) is 0 Å². The first-order chi connectivity index (χ1) is 7.66. The molecule has 16 heavy (non-hydrogen) atoms. The number of aromatic amines is 1. The van der Waals surface area contributed by atoms with Crippen molar-refractivity contribution in [2.45, 2.75) is 13.5 Å². The van der Waals surface area contributed by atoms with Gasteiger partial charge in [-0.1, -0.05) is 6.58 Å². The summed E-state index contributed by atoms with van der Waals surface area (Å²) >= 11 is 0. The largest absolute Gasteiger partial charge is 0.304 e. The SMILES string of the molecule is C=C(C)c1[nH]ncc1CN1CCN(C)CC1. The van der Waals surface area contributed by atoms with Crippen molar-refractivity contribution in [1.29, 1.82) is 0 Å². The Kier molecular flexibility index (Phi) is 3.41. The van der Waals surface area contributed by atoms with E-state index < -0.39 is 0 Å². The van der Waals surface area contributed by atoms with Crippen LogP contribution in [0.5, 0.6) is 0 Å². The molecule has 1 aliphatic rings. The molecule has 2 heterocycles. The van der Waals surface area contributed by atoms with Gasteiger partial charge in [-0.15, -0.1) is 0 Å². The van der Waals surface area contributed by atoms with Crippen molar-refractivity contribution in [1.82, 2.24) is 20.0 Å². The Morgan fingerprint density at radius 2 is 2.12 bits per heavy atom. The van der Waals surface area contributed by atoms with Gasteiger partial charge in [0.05, 0.1) is 11.9 Å². The van der Waals surface area contributed by atoms with Crippen LogP contribution in [-0.2, 0) is 6.54 Å². The Bertz CT molecular complexity index is 361. The number of piperazine rings is 1. The molecule has 0 spiro atoms. The second-order valence-electron chi connectivity index (χ2n) is 4.63. The maximum absolute atomic E-state index is 4.10. The molecule has 88 valence electrons. The Morgan fingerprint density at radius 3 is 2.75 bits per heavy atom. The van der Waals surface area contributed by atoms with Gasteiger partial charge >= 0.3 is 0 Å². The number of allylic oxidation sites excluding steroid dienone is 1. The summed E-state index contributed by atoms with van der Waals surface area (Å²) in [5.74, 6) is 0. The Hall–Kier alpha value is -1.13. The molecule has 0 aromatic carbocycles. The highest BCUT2D eigenvalue weighted by Gasteiger charge is 2.16. The first-order valence-corrected chi connectivity index (χ1v) is 5.76. The van der Waals surface area contributed by atoms with E-state index in [1.165, 1.54) is 5.56 Å². The number of likely N-dealkylation sites (N-methyl/N-ethyl adjacent to an activating group) is 1. The van der Waals surface area contributed by atoms with Crippen molar-refractivity contribution >= 4 is 5.57 Å². The number of hydrogen-bond acceptors (Lipinski definition) is 3. The predicted molar refractivity (Wildman–Crippen MR) is 66.1 cm³/mol. The van der Waals surface area contributed by atoms with Gasteiger partial charge in [0, 0.05) is 38.3 Å². The summed E-state index contributed by atoms with van der Waals surface area (Å²) in [5, 5.41) is 7.12. The molecule has 1 aromatic rings. The number of hydrogen-bond donors (Lipinski definition) is 1. The maximum atomic E-state index is 4.10. The molecule has 1 N–H and O–H groups in total. The monoisotopic (exact) mass is 220 g/mol. The third-order valence-electron chi connectivity index (χ3n) is 3.13. The highest BCUT2D eigenvalue weighted by atomic mass is 15.2. The number of nitrogens with one attached hydrogen (secondary N) is 1. The minimum Gasteiger partial charge on any atom is -0.304 e. The number of rotatable bonds is 3.